The van der Waals surface area contributed by atoms with Crippen molar-refractivity contribution in [2.45, 2.75) is 37.6 Å². The van der Waals surface area contributed by atoms with Crippen LogP contribution < -0.4 is 10.2 Å². The molecule has 1 aliphatic carbocycles. The van der Waals surface area contributed by atoms with Crippen molar-refractivity contribution in [3.63, 3.8) is 0 Å². The SMILES string of the molecule is Fc1c(Cl)cccc1N1CCNC2(CCCCC2)C1. The lowest BCUT2D eigenvalue weighted by molar-refractivity contribution is 0.216. The fraction of sp³-hybridized carbons (Fsp3) is 0.600. The Kier molecular flexibility index (Phi) is 3.68. The molecule has 19 heavy (non-hydrogen) atoms. The maximum Gasteiger partial charge on any atom is 0.165 e. The fourth-order valence-corrected chi connectivity index (χ4v) is 3.63. The second-order valence-electron chi connectivity index (χ2n) is 5.76. The smallest absolute Gasteiger partial charge is 0.165 e. The maximum absolute atomic E-state index is 14.1. The molecule has 104 valence electrons. The molecular weight excluding hydrogens is 263 g/mol. The Labute approximate surface area is 118 Å². The molecule has 1 aromatic carbocycles. The average molecular weight is 283 g/mol. The van der Waals surface area contributed by atoms with Crippen molar-refractivity contribution in [3.8, 4) is 0 Å². The van der Waals surface area contributed by atoms with Crippen molar-refractivity contribution in [2.24, 2.45) is 0 Å². The van der Waals surface area contributed by atoms with Gasteiger partial charge in [0.1, 0.15) is 0 Å². The zero-order chi connectivity index (χ0) is 13.3. The topological polar surface area (TPSA) is 15.3 Å². The summed E-state index contributed by atoms with van der Waals surface area (Å²) in [5.41, 5.74) is 0.838. The van der Waals surface area contributed by atoms with Crippen molar-refractivity contribution in [3.05, 3.63) is 29.0 Å². The van der Waals surface area contributed by atoms with Gasteiger partial charge in [-0.1, -0.05) is 36.9 Å². The molecule has 1 heterocycles. The van der Waals surface area contributed by atoms with Gasteiger partial charge >= 0.3 is 0 Å². The molecule has 2 fully saturated rings. The number of halogens is 2. The Balaban J connectivity index is 1.83. The highest BCUT2D eigenvalue weighted by Gasteiger charge is 2.36. The summed E-state index contributed by atoms with van der Waals surface area (Å²) in [6.45, 7) is 2.66. The van der Waals surface area contributed by atoms with Gasteiger partial charge in [0, 0.05) is 25.2 Å². The maximum atomic E-state index is 14.1. The highest BCUT2D eigenvalue weighted by atomic mass is 35.5. The van der Waals surface area contributed by atoms with E-state index in [9.17, 15) is 4.39 Å². The van der Waals surface area contributed by atoms with Gasteiger partial charge in [-0.05, 0) is 25.0 Å². The summed E-state index contributed by atoms with van der Waals surface area (Å²) in [5.74, 6) is -0.281. The Hall–Kier alpha value is -0.800. The summed E-state index contributed by atoms with van der Waals surface area (Å²) in [6.07, 6.45) is 6.28. The van der Waals surface area contributed by atoms with Crippen molar-refractivity contribution < 1.29 is 4.39 Å². The largest absolute Gasteiger partial charge is 0.366 e. The van der Waals surface area contributed by atoms with Gasteiger partial charge in [-0.3, -0.25) is 0 Å². The number of nitrogens with one attached hydrogen (secondary N) is 1. The quantitative estimate of drug-likeness (QED) is 0.847. The molecule has 1 saturated carbocycles. The van der Waals surface area contributed by atoms with Crippen LogP contribution in [0.3, 0.4) is 0 Å². The zero-order valence-electron chi connectivity index (χ0n) is 11.1. The molecule has 0 aromatic heterocycles. The van der Waals surface area contributed by atoms with Crippen LogP contribution in [0, 0.1) is 5.82 Å². The number of benzene rings is 1. The molecule has 1 saturated heterocycles. The first-order valence-corrected chi connectivity index (χ1v) is 7.52. The molecule has 1 spiro atoms. The van der Waals surface area contributed by atoms with Gasteiger partial charge in [0.05, 0.1) is 10.7 Å². The average Bonchev–Trinajstić information content (AvgIpc) is 2.43. The number of hydrogen-bond donors (Lipinski definition) is 1. The lowest BCUT2D eigenvalue weighted by atomic mass is 9.80. The van der Waals surface area contributed by atoms with E-state index in [-0.39, 0.29) is 16.4 Å². The second kappa shape index (κ2) is 5.29. The predicted molar refractivity (Wildman–Crippen MR) is 77.4 cm³/mol. The molecule has 2 nitrogen and oxygen atoms in total. The van der Waals surface area contributed by atoms with Crippen LogP contribution in [0.2, 0.25) is 5.02 Å². The molecule has 0 unspecified atom stereocenters. The molecule has 1 aliphatic heterocycles. The fourth-order valence-electron chi connectivity index (χ4n) is 3.46. The first-order chi connectivity index (χ1) is 9.20. The minimum absolute atomic E-state index is 0.186. The first kappa shape index (κ1) is 13.2. The van der Waals surface area contributed by atoms with E-state index < -0.39 is 0 Å². The highest BCUT2D eigenvalue weighted by molar-refractivity contribution is 6.31. The van der Waals surface area contributed by atoms with Crippen LogP contribution in [0.15, 0.2) is 18.2 Å². The molecule has 0 bridgehead atoms. The minimum atomic E-state index is -0.281. The van der Waals surface area contributed by atoms with Gasteiger partial charge in [-0.15, -0.1) is 0 Å². The number of nitrogens with zero attached hydrogens (tertiary/aromatic N) is 1. The summed E-state index contributed by atoms with van der Waals surface area (Å²) in [5, 5.41) is 3.89. The van der Waals surface area contributed by atoms with Crippen LogP contribution in [0.1, 0.15) is 32.1 Å². The van der Waals surface area contributed by atoms with Crippen LogP contribution in [0.4, 0.5) is 10.1 Å². The third kappa shape index (κ3) is 2.59. The normalized spacial score (nSPS) is 22.7. The number of piperazine rings is 1. The van der Waals surface area contributed by atoms with E-state index in [0.717, 1.165) is 19.6 Å². The Morgan fingerprint density at radius 3 is 2.79 bits per heavy atom. The lowest BCUT2D eigenvalue weighted by Gasteiger charge is -2.47. The molecule has 2 aliphatic rings. The zero-order valence-corrected chi connectivity index (χ0v) is 11.8. The van der Waals surface area contributed by atoms with Crippen LogP contribution in [0.25, 0.3) is 0 Å². The molecule has 0 atom stereocenters. The van der Waals surface area contributed by atoms with E-state index in [1.54, 1.807) is 6.07 Å². The molecule has 0 amide bonds. The van der Waals surface area contributed by atoms with Gasteiger partial charge in [0.25, 0.3) is 0 Å². The van der Waals surface area contributed by atoms with Crippen LogP contribution >= 0.6 is 11.6 Å². The minimum Gasteiger partial charge on any atom is -0.366 e. The van der Waals surface area contributed by atoms with Crippen molar-refractivity contribution in [1.29, 1.82) is 0 Å². The summed E-state index contributed by atoms with van der Waals surface area (Å²) in [4.78, 5) is 2.16. The van der Waals surface area contributed by atoms with Crippen molar-refractivity contribution in [2.75, 3.05) is 24.5 Å². The standard InChI is InChI=1S/C15H20ClFN2/c16-12-5-4-6-13(14(12)17)19-10-9-18-15(11-19)7-2-1-3-8-15/h4-6,18H,1-3,7-11H2. The van der Waals surface area contributed by atoms with E-state index in [1.807, 2.05) is 12.1 Å². The van der Waals surface area contributed by atoms with Gasteiger partial charge in [0.2, 0.25) is 0 Å². The van der Waals surface area contributed by atoms with Crippen molar-refractivity contribution >= 4 is 17.3 Å². The monoisotopic (exact) mass is 282 g/mol. The van der Waals surface area contributed by atoms with Crippen LogP contribution in [0.5, 0.6) is 0 Å². The first-order valence-electron chi connectivity index (χ1n) is 7.14. The molecule has 3 rings (SSSR count). The van der Waals surface area contributed by atoms with Gasteiger partial charge in [0.15, 0.2) is 5.82 Å². The molecule has 0 radical (unpaired) electrons. The van der Waals surface area contributed by atoms with E-state index in [0.29, 0.717) is 5.69 Å². The number of anilines is 1. The molecule has 4 heteroatoms. The Morgan fingerprint density at radius 1 is 1.21 bits per heavy atom. The summed E-state index contributed by atoms with van der Waals surface area (Å²) in [6, 6.07) is 5.28. The summed E-state index contributed by atoms with van der Waals surface area (Å²) < 4.78 is 14.1. The van der Waals surface area contributed by atoms with Crippen molar-refractivity contribution in [1.82, 2.24) is 5.32 Å². The van der Waals surface area contributed by atoms with Crippen LogP contribution in [-0.4, -0.2) is 25.2 Å². The van der Waals surface area contributed by atoms with Crippen LogP contribution in [-0.2, 0) is 0 Å². The van der Waals surface area contributed by atoms with E-state index in [1.165, 1.54) is 32.1 Å². The Bertz CT molecular complexity index is 452. The highest BCUT2D eigenvalue weighted by Crippen LogP contribution is 2.34. The Morgan fingerprint density at radius 2 is 2.00 bits per heavy atom. The van der Waals surface area contributed by atoms with E-state index in [4.69, 9.17) is 11.6 Å². The molecular formula is C15H20ClFN2. The van der Waals surface area contributed by atoms with Gasteiger partial charge in [-0.25, -0.2) is 4.39 Å². The van der Waals surface area contributed by atoms with Gasteiger partial charge < -0.3 is 10.2 Å². The molecule has 1 aromatic rings. The van der Waals surface area contributed by atoms with E-state index in [2.05, 4.69) is 10.2 Å². The summed E-state index contributed by atoms with van der Waals surface area (Å²) >= 11 is 5.89. The predicted octanol–water partition coefficient (Wildman–Crippen LogP) is 3.59. The van der Waals surface area contributed by atoms with Gasteiger partial charge in [-0.2, -0.15) is 0 Å². The second-order valence-corrected chi connectivity index (χ2v) is 6.17. The molecule has 1 N–H and O–H groups in total. The lowest BCUT2D eigenvalue weighted by Crippen LogP contribution is -2.61. The summed E-state index contributed by atoms with van der Waals surface area (Å²) in [7, 11) is 0. The number of rotatable bonds is 1. The third-order valence-corrected chi connectivity index (χ3v) is 4.75. The number of hydrogen-bond acceptors (Lipinski definition) is 2. The third-order valence-electron chi connectivity index (χ3n) is 4.46. The van der Waals surface area contributed by atoms with E-state index >= 15 is 0 Å².